The number of hydrogen-bond donors (Lipinski definition) is 1. The molecule has 1 aliphatic rings. The highest BCUT2D eigenvalue weighted by Gasteiger charge is 2.26. The average Bonchev–Trinajstić information content (AvgIpc) is 3.19. The molecule has 1 atom stereocenters. The van der Waals surface area contributed by atoms with Crippen molar-refractivity contribution in [1.82, 2.24) is 9.97 Å². The van der Waals surface area contributed by atoms with Crippen molar-refractivity contribution in [3.05, 3.63) is 66.1 Å². The summed E-state index contributed by atoms with van der Waals surface area (Å²) in [7, 11) is 1.70. The van der Waals surface area contributed by atoms with Crippen LogP contribution in [0.25, 0.3) is 27.6 Å². The van der Waals surface area contributed by atoms with E-state index in [-0.39, 0.29) is 5.41 Å². The van der Waals surface area contributed by atoms with Crippen LogP contribution in [0.4, 0.5) is 0 Å². The van der Waals surface area contributed by atoms with Crippen LogP contribution in [0.15, 0.2) is 54.6 Å². The number of ether oxygens (including phenoxy) is 1. The minimum absolute atomic E-state index is 0.00176. The maximum absolute atomic E-state index is 5.37. The van der Waals surface area contributed by atoms with Crippen LogP contribution < -0.4 is 4.74 Å². The highest BCUT2D eigenvalue weighted by Crippen LogP contribution is 2.36. The Morgan fingerprint density at radius 1 is 1.14 bits per heavy atom. The second-order valence-corrected chi connectivity index (χ2v) is 8.71. The normalized spacial score (nSPS) is 16.9. The van der Waals surface area contributed by atoms with Crippen molar-refractivity contribution in [2.24, 2.45) is 5.92 Å². The highest BCUT2D eigenvalue weighted by molar-refractivity contribution is 5.90. The SMILES string of the molecule is CCC(C)(C)c1nc(-c2ccc3cc(OC)ccc3c2)c(C2=CC(C)CC=C2)[nH]1. The molecule has 0 aliphatic heterocycles. The topological polar surface area (TPSA) is 37.9 Å². The molecular formula is C26H30N2O. The van der Waals surface area contributed by atoms with E-state index in [1.165, 1.54) is 16.3 Å². The molecule has 0 saturated carbocycles. The predicted molar refractivity (Wildman–Crippen MR) is 122 cm³/mol. The third kappa shape index (κ3) is 3.74. The number of allylic oxidation sites excluding steroid dienone is 4. The quantitative estimate of drug-likeness (QED) is 0.517. The molecule has 0 bridgehead atoms. The lowest BCUT2D eigenvalue weighted by molar-refractivity contribution is 0.415. The Bertz CT molecular complexity index is 1100. The van der Waals surface area contributed by atoms with Crippen molar-refractivity contribution in [2.45, 2.75) is 46.0 Å². The lowest BCUT2D eigenvalue weighted by Crippen LogP contribution is -2.17. The van der Waals surface area contributed by atoms with Gasteiger partial charge in [0.1, 0.15) is 11.6 Å². The van der Waals surface area contributed by atoms with E-state index in [9.17, 15) is 0 Å². The second kappa shape index (κ2) is 7.55. The zero-order valence-electron chi connectivity index (χ0n) is 18.0. The maximum atomic E-state index is 5.37. The van der Waals surface area contributed by atoms with E-state index in [4.69, 9.17) is 9.72 Å². The lowest BCUT2D eigenvalue weighted by Gasteiger charge is -2.19. The number of fused-ring (bicyclic) bond motifs is 1. The van der Waals surface area contributed by atoms with Gasteiger partial charge in [0.15, 0.2) is 0 Å². The molecule has 0 amide bonds. The molecule has 1 unspecified atom stereocenters. The summed E-state index contributed by atoms with van der Waals surface area (Å²) in [4.78, 5) is 8.79. The number of nitrogens with one attached hydrogen (secondary N) is 1. The van der Waals surface area contributed by atoms with Gasteiger partial charge in [-0.3, -0.25) is 0 Å². The first-order chi connectivity index (χ1) is 13.9. The van der Waals surface area contributed by atoms with Crippen LogP contribution in [0, 0.1) is 5.92 Å². The molecule has 29 heavy (non-hydrogen) atoms. The average molecular weight is 387 g/mol. The summed E-state index contributed by atoms with van der Waals surface area (Å²) in [5.74, 6) is 2.47. The summed E-state index contributed by atoms with van der Waals surface area (Å²) in [5, 5.41) is 2.36. The monoisotopic (exact) mass is 386 g/mol. The van der Waals surface area contributed by atoms with Gasteiger partial charge >= 0.3 is 0 Å². The van der Waals surface area contributed by atoms with Crippen LogP contribution in [-0.4, -0.2) is 17.1 Å². The number of imidazole rings is 1. The van der Waals surface area contributed by atoms with Gasteiger partial charge in [-0.05, 0) is 53.3 Å². The van der Waals surface area contributed by atoms with Gasteiger partial charge in [0.05, 0.1) is 18.5 Å². The Balaban J connectivity index is 1.87. The van der Waals surface area contributed by atoms with Crippen molar-refractivity contribution in [1.29, 1.82) is 0 Å². The standard InChI is InChI=1S/C26H30N2O/c1-6-26(3,4)25-27-23(20-9-7-8-17(2)14-20)24(28-25)21-11-10-19-16-22(29-5)13-12-18(19)15-21/h7,9-17H,6,8H2,1-5H3,(H,27,28). The first kappa shape index (κ1) is 19.5. The number of aromatic nitrogens is 2. The molecule has 0 fully saturated rings. The van der Waals surface area contributed by atoms with E-state index >= 15 is 0 Å². The molecule has 1 aromatic heterocycles. The molecule has 0 spiro atoms. The van der Waals surface area contributed by atoms with Crippen LogP contribution in [0.5, 0.6) is 5.75 Å². The molecule has 150 valence electrons. The van der Waals surface area contributed by atoms with Gasteiger partial charge in [0, 0.05) is 11.0 Å². The largest absolute Gasteiger partial charge is 0.497 e. The molecular weight excluding hydrogens is 356 g/mol. The van der Waals surface area contributed by atoms with Gasteiger partial charge in [-0.15, -0.1) is 0 Å². The van der Waals surface area contributed by atoms with Gasteiger partial charge in [0.2, 0.25) is 0 Å². The molecule has 0 radical (unpaired) electrons. The van der Waals surface area contributed by atoms with Crippen molar-refractivity contribution >= 4 is 16.3 Å². The molecule has 3 heteroatoms. The minimum atomic E-state index is 0.00176. The van der Waals surface area contributed by atoms with Gasteiger partial charge in [-0.1, -0.05) is 64.1 Å². The first-order valence-electron chi connectivity index (χ1n) is 10.5. The Morgan fingerprint density at radius 2 is 1.90 bits per heavy atom. The smallest absolute Gasteiger partial charge is 0.119 e. The number of aromatic amines is 1. The predicted octanol–water partition coefficient (Wildman–Crippen LogP) is 6.91. The Morgan fingerprint density at radius 3 is 2.62 bits per heavy atom. The summed E-state index contributed by atoms with van der Waals surface area (Å²) in [6, 6.07) is 12.8. The van der Waals surface area contributed by atoms with Crippen LogP contribution in [0.3, 0.4) is 0 Å². The van der Waals surface area contributed by atoms with Crippen molar-refractivity contribution < 1.29 is 4.74 Å². The zero-order chi connectivity index (χ0) is 20.6. The molecule has 2 aromatic carbocycles. The van der Waals surface area contributed by atoms with Gasteiger partial charge in [-0.25, -0.2) is 4.98 Å². The van der Waals surface area contributed by atoms with Crippen LogP contribution in [0.2, 0.25) is 0 Å². The fraction of sp³-hybridized carbons (Fsp3) is 0.346. The third-order valence-electron chi connectivity index (χ3n) is 6.11. The fourth-order valence-corrected chi connectivity index (χ4v) is 3.78. The molecule has 3 nitrogen and oxygen atoms in total. The van der Waals surface area contributed by atoms with Crippen LogP contribution >= 0.6 is 0 Å². The number of nitrogens with zero attached hydrogens (tertiary/aromatic N) is 1. The van der Waals surface area contributed by atoms with E-state index in [1.807, 2.05) is 6.07 Å². The van der Waals surface area contributed by atoms with Crippen molar-refractivity contribution in [3.8, 4) is 17.0 Å². The van der Waals surface area contributed by atoms with Gasteiger partial charge in [-0.2, -0.15) is 0 Å². The minimum Gasteiger partial charge on any atom is -0.497 e. The van der Waals surface area contributed by atoms with Crippen LogP contribution in [0.1, 0.15) is 52.1 Å². The van der Waals surface area contributed by atoms with E-state index in [2.05, 4.69) is 81.2 Å². The number of methoxy groups -OCH3 is 1. The van der Waals surface area contributed by atoms with E-state index < -0.39 is 0 Å². The first-order valence-corrected chi connectivity index (χ1v) is 10.5. The van der Waals surface area contributed by atoms with E-state index in [0.29, 0.717) is 5.92 Å². The summed E-state index contributed by atoms with van der Waals surface area (Å²) in [5.41, 5.74) is 4.53. The maximum Gasteiger partial charge on any atom is 0.119 e. The zero-order valence-corrected chi connectivity index (χ0v) is 18.0. The van der Waals surface area contributed by atoms with Crippen LogP contribution in [-0.2, 0) is 5.41 Å². The van der Waals surface area contributed by atoms with Crippen molar-refractivity contribution in [3.63, 3.8) is 0 Å². The second-order valence-electron chi connectivity index (χ2n) is 8.71. The van der Waals surface area contributed by atoms with E-state index in [1.54, 1.807) is 7.11 Å². The number of H-pyrrole nitrogens is 1. The highest BCUT2D eigenvalue weighted by atomic mass is 16.5. The molecule has 0 saturated heterocycles. The fourth-order valence-electron chi connectivity index (χ4n) is 3.78. The number of rotatable bonds is 5. The lowest BCUT2D eigenvalue weighted by atomic mass is 9.89. The summed E-state index contributed by atoms with van der Waals surface area (Å²) >= 11 is 0. The summed E-state index contributed by atoms with van der Waals surface area (Å²) in [6.45, 7) is 8.98. The van der Waals surface area contributed by atoms with E-state index in [0.717, 1.165) is 41.4 Å². The molecule has 3 aromatic rings. The van der Waals surface area contributed by atoms with Gasteiger partial charge in [0.25, 0.3) is 0 Å². The molecule has 1 N–H and O–H groups in total. The van der Waals surface area contributed by atoms with Crippen molar-refractivity contribution in [2.75, 3.05) is 7.11 Å². The summed E-state index contributed by atoms with van der Waals surface area (Å²) in [6.07, 6.45) is 8.97. The Kier molecular flexibility index (Phi) is 5.08. The third-order valence-corrected chi connectivity index (χ3v) is 6.11. The molecule has 4 rings (SSSR count). The Labute approximate surface area is 173 Å². The molecule has 1 heterocycles. The number of benzene rings is 2. The van der Waals surface area contributed by atoms with Gasteiger partial charge < -0.3 is 9.72 Å². The molecule has 1 aliphatic carbocycles. The Hall–Kier alpha value is -2.81. The number of hydrogen-bond acceptors (Lipinski definition) is 2. The summed E-state index contributed by atoms with van der Waals surface area (Å²) < 4.78 is 5.37.